The zero-order valence-electron chi connectivity index (χ0n) is 13.3. The summed E-state index contributed by atoms with van der Waals surface area (Å²) in [5.41, 5.74) is 5.43. The van der Waals surface area contributed by atoms with Gasteiger partial charge in [0.1, 0.15) is 17.4 Å². The summed E-state index contributed by atoms with van der Waals surface area (Å²) in [5, 5.41) is 5.95. The summed E-state index contributed by atoms with van der Waals surface area (Å²) in [6.45, 7) is 1.98. The standard InChI is InChI=1S/C16H18F2N4O2/c1-9(12-5-3-10(17)7-13(12)18)22-16(20-2)21-8-11-4-6-14(24-11)15(19)23/h3-7,9H,8H2,1-2H3,(H2,19,23)(H2,20,21,22). The topological polar surface area (TPSA) is 92.6 Å². The van der Waals surface area contributed by atoms with E-state index in [0.29, 0.717) is 17.3 Å². The van der Waals surface area contributed by atoms with E-state index in [1.165, 1.54) is 18.2 Å². The number of hydrogen-bond donors (Lipinski definition) is 3. The van der Waals surface area contributed by atoms with Gasteiger partial charge in [-0.3, -0.25) is 9.79 Å². The van der Waals surface area contributed by atoms with Crippen LogP contribution in [0.15, 0.2) is 39.7 Å². The second-order valence-corrected chi connectivity index (χ2v) is 5.09. The third-order valence-corrected chi connectivity index (χ3v) is 3.34. The highest BCUT2D eigenvalue weighted by Crippen LogP contribution is 2.17. The third kappa shape index (κ3) is 4.31. The molecule has 0 fully saturated rings. The van der Waals surface area contributed by atoms with Gasteiger partial charge in [-0.1, -0.05) is 6.07 Å². The number of nitrogens with zero attached hydrogens (tertiary/aromatic N) is 1. The molecule has 0 aliphatic carbocycles. The van der Waals surface area contributed by atoms with Crippen LogP contribution in [0.3, 0.4) is 0 Å². The quantitative estimate of drug-likeness (QED) is 0.576. The first-order valence-corrected chi connectivity index (χ1v) is 7.21. The van der Waals surface area contributed by atoms with E-state index in [9.17, 15) is 13.6 Å². The Labute approximate surface area is 137 Å². The predicted molar refractivity (Wildman–Crippen MR) is 85.3 cm³/mol. The van der Waals surface area contributed by atoms with Gasteiger partial charge in [-0.25, -0.2) is 8.78 Å². The minimum Gasteiger partial charge on any atom is -0.454 e. The van der Waals surface area contributed by atoms with Crippen LogP contribution in [0.1, 0.15) is 34.8 Å². The molecule has 0 saturated heterocycles. The normalized spacial score (nSPS) is 12.8. The fourth-order valence-electron chi connectivity index (χ4n) is 2.11. The summed E-state index contributed by atoms with van der Waals surface area (Å²) >= 11 is 0. The van der Waals surface area contributed by atoms with Crippen molar-refractivity contribution in [1.29, 1.82) is 0 Å². The number of benzene rings is 1. The van der Waals surface area contributed by atoms with Crippen LogP contribution >= 0.6 is 0 Å². The summed E-state index contributed by atoms with van der Waals surface area (Å²) in [4.78, 5) is 15.0. The second kappa shape index (κ2) is 7.58. The number of nitrogens with one attached hydrogen (secondary N) is 2. The number of guanidine groups is 1. The first-order valence-electron chi connectivity index (χ1n) is 7.21. The Morgan fingerprint density at radius 1 is 1.33 bits per heavy atom. The number of aliphatic imine (C=N–C) groups is 1. The minimum atomic E-state index is -0.649. The summed E-state index contributed by atoms with van der Waals surface area (Å²) in [5.74, 6) is -0.965. The van der Waals surface area contributed by atoms with Gasteiger partial charge in [-0.15, -0.1) is 0 Å². The van der Waals surface area contributed by atoms with Crippen molar-refractivity contribution in [3.05, 3.63) is 59.1 Å². The monoisotopic (exact) mass is 336 g/mol. The molecule has 1 atom stereocenters. The van der Waals surface area contributed by atoms with Gasteiger partial charge in [-0.2, -0.15) is 0 Å². The predicted octanol–water partition coefficient (Wildman–Crippen LogP) is 2.08. The molecule has 6 nitrogen and oxygen atoms in total. The SMILES string of the molecule is CN=C(NCc1ccc(C(N)=O)o1)NC(C)c1ccc(F)cc1F. The van der Waals surface area contributed by atoms with E-state index in [4.69, 9.17) is 10.2 Å². The van der Waals surface area contributed by atoms with Crippen LogP contribution in [0.25, 0.3) is 0 Å². The van der Waals surface area contributed by atoms with Crippen molar-refractivity contribution in [3.8, 4) is 0 Å². The third-order valence-electron chi connectivity index (χ3n) is 3.34. The Morgan fingerprint density at radius 3 is 2.67 bits per heavy atom. The van der Waals surface area contributed by atoms with Gasteiger partial charge in [0.25, 0.3) is 5.91 Å². The van der Waals surface area contributed by atoms with Gasteiger partial charge in [0.05, 0.1) is 12.6 Å². The molecule has 0 bridgehead atoms. The Balaban J connectivity index is 1.97. The van der Waals surface area contributed by atoms with Crippen molar-refractivity contribution in [1.82, 2.24) is 10.6 Å². The van der Waals surface area contributed by atoms with E-state index in [1.807, 2.05) is 0 Å². The van der Waals surface area contributed by atoms with Crippen molar-refractivity contribution in [2.24, 2.45) is 10.7 Å². The van der Waals surface area contributed by atoms with Crippen molar-refractivity contribution in [2.75, 3.05) is 7.05 Å². The molecule has 1 aromatic heterocycles. The zero-order chi connectivity index (χ0) is 17.7. The maximum atomic E-state index is 13.8. The Morgan fingerprint density at radius 2 is 2.08 bits per heavy atom. The number of amides is 1. The average Bonchev–Trinajstić information content (AvgIpc) is 3.00. The van der Waals surface area contributed by atoms with Crippen LogP contribution in [0.5, 0.6) is 0 Å². The van der Waals surface area contributed by atoms with Gasteiger partial charge in [0.15, 0.2) is 11.7 Å². The highest BCUT2D eigenvalue weighted by Gasteiger charge is 2.14. The fraction of sp³-hybridized carbons (Fsp3) is 0.250. The lowest BCUT2D eigenvalue weighted by Crippen LogP contribution is -2.38. The first kappa shape index (κ1) is 17.5. The van der Waals surface area contributed by atoms with Crippen molar-refractivity contribution < 1.29 is 18.0 Å². The average molecular weight is 336 g/mol. The number of nitrogens with two attached hydrogens (primary N) is 1. The number of rotatable bonds is 5. The van der Waals surface area contributed by atoms with Crippen molar-refractivity contribution >= 4 is 11.9 Å². The summed E-state index contributed by atoms with van der Waals surface area (Å²) < 4.78 is 32.0. The largest absolute Gasteiger partial charge is 0.454 e. The maximum absolute atomic E-state index is 13.8. The summed E-state index contributed by atoms with van der Waals surface area (Å²) in [6.07, 6.45) is 0. The Bertz CT molecular complexity index is 758. The summed E-state index contributed by atoms with van der Waals surface area (Å²) in [6, 6.07) is 6.06. The molecule has 0 aliphatic rings. The number of primary amides is 1. The molecule has 4 N–H and O–H groups in total. The molecule has 1 aromatic carbocycles. The molecule has 1 unspecified atom stereocenters. The molecule has 24 heavy (non-hydrogen) atoms. The molecule has 1 heterocycles. The van der Waals surface area contributed by atoms with Crippen LogP contribution in [0, 0.1) is 11.6 Å². The molecule has 0 spiro atoms. The molecule has 0 radical (unpaired) electrons. The lowest BCUT2D eigenvalue weighted by atomic mass is 10.1. The van der Waals surface area contributed by atoms with E-state index in [1.54, 1.807) is 20.0 Å². The molecular weight excluding hydrogens is 318 g/mol. The molecule has 2 rings (SSSR count). The highest BCUT2D eigenvalue weighted by atomic mass is 19.1. The van der Waals surface area contributed by atoms with Crippen molar-refractivity contribution in [3.63, 3.8) is 0 Å². The molecule has 0 aliphatic heterocycles. The van der Waals surface area contributed by atoms with Gasteiger partial charge in [-0.05, 0) is 25.1 Å². The smallest absolute Gasteiger partial charge is 0.284 e. The van der Waals surface area contributed by atoms with Crippen LogP contribution in [0.2, 0.25) is 0 Å². The summed E-state index contributed by atoms with van der Waals surface area (Å²) in [7, 11) is 1.56. The van der Waals surface area contributed by atoms with Gasteiger partial charge < -0.3 is 20.8 Å². The zero-order valence-corrected chi connectivity index (χ0v) is 13.3. The number of furan rings is 1. The first-order chi connectivity index (χ1) is 11.4. The van der Waals surface area contributed by atoms with Gasteiger partial charge in [0.2, 0.25) is 0 Å². The lowest BCUT2D eigenvalue weighted by molar-refractivity contribution is 0.0972. The molecular formula is C16H18F2N4O2. The van der Waals surface area contributed by atoms with Crippen LogP contribution in [0.4, 0.5) is 8.78 Å². The van der Waals surface area contributed by atoms with Crippen molar-refractivity contribution in [2.45, 2.75) is 19.5 Å². The molecule has 1 amide bonds. The highest BCUT2D eigenvalue weighted by molar-refractivity contribution is 5.89. The number of halogens is 2. The number of hydrogen-bond acceptors (Lipinski definition) is 3. The molecule has 128 valence electrons. The minimum absolute atomic E-state index is 0.0662. The maximum Gasteiger partial charge on any atom is 0.284 e. The van der Waals surface area contributed by atoms with Crippen LogP contribution < -0.4 is 16.4 Å². The molecule has 2 aromatic rings. The van der Waals surface area contributed by atoms with Crippen LogP contribution in [-0.4, -0.2) is 18.9 Å². The van der Waals surface area contributed by atoms with E-state index < -0.39 is 23.6 Å². The Kier molecular flexibility index (Phi) is 5.51. The van der Waals surface area contributed by atoms with Gasteiger partial charge in [0, 0.05) is 18.7 Å². The van der Waals surface area contributed by atoms with Gasteiger partial charge >= 0.3 is 0 Å². The Hall–Kier alpha value is -2.90. The van der Waals surface area contributed by atoms with E-state index in [2.05, 4.69) is 15.6 Å². The fourth-order valence-corrected chi connectivity index (χ4v) is 2.11. The van der Waals surface area contributed by atoms with Crippen LogP contribution in [-0.2, 0) is 6.54 Å². The van der Waals surface area contributed by atoms with E-state index in [-0.39, 0.29) is 12.3 Å². The second-order valence-electron chi connectivity index (χ2n) is 5.09. The molecule has 0 saturated carbocycles. The van der Waals surface area contributed by atoms with E-state index in [0.717, 1.165) is 6.07 Å². The van der Waals surface area contributed by atoms with E-state index >= 15 is 0 Å². The number of carbonyl (C=O) groups excluding carboxylic acids is 1. The lowest BCUT2D eigenvalue weighted by Gasteiger charge is -2.18. The number of carbonyl (C=O) groups is 1. The molecule has 8 heteroatoms.